The molecule has 6 heteroatoms. The van der Waals surface area contributed by atoms with Crippen LogP contribution in [0.5, 0.6) is 0 Å². The van der Waals surface area contributed by atoms with Crippen LogP contribution < -0.4 is 22.6 Å². The lowest BCUT2D eigenvalue weighted by atomic mass is 9.98. The molecular weight excluding hydrogens is 420 g/mol. The van der Waals surface area contributed by atoms with Gasteiger partial charge in [-0.2, -0.15) is 0 Å². The van der Waals surface area contributed by atoms with E-state index in [0.717, 1.165) is 54.6 Å². The van der Waals surface area contributed by atoms with Crippen LogP contribution in [0.25, 0.3) is 22.5 Å². The fourth-order valence-corrected chi connectivity index (χ4v) is 3.77. The third-order valence-corrected chi connectivity index (χ3v) is 5.62. The van der Waals surface area contributed by atoms with E-state index in [1.165, 1.54) is 12.8 Å². The topological polar surface area (TPSA) is 106 Å². The van der Waals surface area contributed by atoms with E-state index in [1.807, 2.05) is 60.9 Å². The highest BCUT2D eigenvalue weighted by atomic mass is 15.4. The number of unbranched alkanes of at least 4 members (excludes halogenated alkanes) is 4. The summed E-state index contributed by atoms with van der Waals surface area (Å²) in [5, 5.41) is 4.98. The number of hydrazine groups is 1. The Morgan fingerprint density at radius 1 is 0.824 bits per heavy atom. The number of benzene rings is 2. The lowest BCUT2D eigenvalue weighted by molar-refractivity contribution is 0.377. The highest BCUT2D eigenvalue weighted by Crippen LogP contribution is 2.26. The summed E-state index contributed by atoms with van der Waals surface area (Å²) in [6.45, 7) is 1.68. The molecule has 0 fully saturated rings. The Hall–Kier alpha value is -3.77. The van der Waals surface area contributed by atoms with E-state index < -0.39 is 0 Å². The van der Waals surface area contributed by atoms with Crippen LogP contribution >= 0.6 is 0 Å². The van der Waals surface area contributed by atoms with Crippen molar-refractivity contribution in [1.82, 2.24) is 15.3 Å². The fraction of sp³-hybridized carbons (Fsp3) is 0.250. The Kier molecular flexibility index (Phi) is 10.0. The van der Waals surface area contributed by atoms with Crippen molar-refractivity contribution in [2.75, 3.05) is 13.1 Å². The summed E-state index contributed by atoms with van der Waals surface area (Å²) < 4.78 is 0. The third kappa shape index (κ3) is 7.98. The van der Waals surface area contributed by atoms with E-state index in [0.29, 0.717) is 11.4 Å². The van der Waals surface area contributed by atoms with Crippen LogP contribution in [0.1, 0.15) is 43.2 Å². The minimum Gasteiger partial charge on any atom is -0.397 e. The van der Waals surface area contributed by atoms with E-state index in [1.54, 1.807) is 17.4 Å². The van der Waals surface area contributed by atoms with Crippen molar-refractivity contribution >= 4 is 11.4 Å². The summed E-state index contributed by atoms with van der Waals surface area (Å²) in [6, 6.07) is 22.2. The van der Waals surface area contributed by atoms with Gasteiger partial charge in [0.15, 0.2) is 0 Å². The second-order valence-corrected chi connectivity index (χ2v) is 8.30. The van der Waals surface area contributed by atoms with Crippen LogP contribution in [0.2, 0.25) is 0 Å². The number of aromatic nitrogens is 1. The van der Waals surface area contributed by atoms with Crippen molar-refractivity contribution in [2.45, 2.75) is 32.1 Å². The van der Waals surface area contributed by atoms with Gasteiger partial charge in [-0.05, 0) is 36.1 Å². The molecule has 1 aromatic heterocycles. The number of pyridine rings is 1. The average Bonchev–Trinajstić information content (AvgIpc) is 2.88. The van der Waals surface area contributed by atoms with Crippen molar-refractivity contribution in [2.24, 2.45) is 17.3 Å². The maximum atomic E-state index is 6.41. The number of nitrogens with two attached hydrogens (primary N) is 3. The third-order valence-electron chi connectivity index (χ3n) is 5.62. The van der Waals surface area contributed by atoms with Gasteiger partial charge in [0, 0.05) is 49.0 Å². The molecule has 0 spiro atoms. The van der Waals surface area contributed by atoms with Gasteiger partial charge in [-0.1, -0.05) is 73.9 Å². The van der Waals surface area contributed by atoms with Crippen LogP contribution in [0, 0.1) is 0 Å². The minimum absolute atomic E-state index is 0.673. The standard InChI is InChI=1S/C28H36N6/c29-27(24-14-11-18-32-20-24)21-33-17-9-2-1-3-10-19-34(31)22-28(30)26-16-8-7-15-25(26)23-12-5-4-6-13-23/h4-8,11-16,18,20-22,33H,1-3,9-10,17,19,29-31H2/b27-21-,28-22-. The maximum absolute atomic E-state index is 6.41. The molecular formula is C28H36N6. The molecule has 0 amide bonds. The van der Waals surface area contributed by atoms with Crippen LogP contribution in [-0.2, 0) is 0 Å². The summed E-state index contributed by atoms with van der Waals surface area (Å²) in [5.74, 6) is 6.20. The zero-order chi connectivity index (χ0) is 24.0. The minimum atomic E-state index is 0.673. The quantitative estimate of drug-likeness (QED) is 0.169. The normalized spacial score (nSPS) is 11.9. The molecule has 7 N–H and O–H groups in total. The molecule has 34 heavy (non-hydrogen) atoms. The molecule has 0 unspecified atom stereocenters. The second-order valence-electron chi connectivity index (χ2n) is 8.30. The Labute approximate surface area is 203 Å². The van der Waals surface area contributed by atoms with Gasteiger partial charge in [-0.3, -0.25) is 4.98 Å². The SMILES string of the molecule is N/C(=C\NCCCCCCCN(N)/C=C(\N)c1ccccc1-c1ccccc1)c1cccnc1. The molecule has 178 valence electrons. The summed E-state index contributed by atoms with van der Waals surface area (Å²) >= 11 is 0. The van der Waals surface area contributed by atoms with Crippen LogP contribution in [-0.4, -0.2) is 23.1 Å². The molecule has 3 aromatic rings. The molecule has 6 nitrogen and oxygen atoms in total. The van der Waals surface area contributed by atoms with Crippen molar-refractivity contribution in [3.05, 3.63) is 103 Å². The van der Waals surface area contributed by atoms with Gasteiger partial charge in [0.1, 0.15) is 0 Å². The number of nitrogens with one attached hydrogen (secondary N) is 1. The van der Waals surface area contributed by atoms with Crippen molar-refractivity contribution in [3.8, 4) is 11.1 Å². The van der Waals surface area contributed by atoms with E-state index in [9.17, 15) is 0 Å². The number of rotatable bonds is 13. The zero-order valence-electron chi connectivity index (χ0n) is 19.7. The smallest absolute Gasteiger partial charge is 0.0570 e. The number of hydrogen-bond acceptors (Lipinski definition) is 6. The second kappa shape index (κ2) is 13.7. The summed E-state index contributed by atoms with van der Waals surface area (Å²) in [6.07, 6.45) is 12.8. The van der Waals surface area contributed by atoms with Gasteiger partial charge in [0.05, 0.1) is 11.4 Å². The van der Waals surface area contributed by atoms with Crippen LogP contribution in [0.3, 0.4) is 0 Å². The van der Waals surface area contributed by atoms with Crippen molar-refractivity contribution in [1.29, 1.82) is 0 Å². The number of hydrogen-bond donors (Lipinski definition) is 4. The van der Waals surface area contributed by atoms with Crippen molar-refractivity contribution < 1.29 is 0 Å². The Bertz CT molecular complexity index is 1050. The average molecular weight is 457 g/mol. The van der Waals surface area contributed by atoms with Gasteiger partial charge < -0.3 is 21.8 Å². The van der Waals surface area contributed by atoms with Crippen molar-refractivity contribution in [3.63, 3.8) is 0 Å². The molecule has 0 saturated carbocycles. The molecule has 0 radical (unpaired) electrons. The lowest BCUT2D eigenvalue weighted by Gasteiger charge is -2.16. The molecule has 0 aliphatic rings. The number of nitrogens with zero attached hydrogens (tertiary/aromatic N) is 2. The van der Waals surface area contributed by atoms with Crippen LogP contribution in [0.4, 0.5) is 0 Å². The fourth-order valence-electron chi connectivity index (χ4n) is 3.77. The molecule has 2 aromatic carbocycles. The maximum Gasteiger partial charge on any atom is 0.0570 e. The summed E-state index contributed by atoms with van der Waals surface area (Å²) in [5.41, 5.74) is 18.0. The highest BCUT2D eigenvalue weighted by Gasteiger charge is 2.07. The van der Waals surface area contributed by atoms with Gasteiger partial charge in [-0.15, -0.1) is 0 Å². The summed E-state index contributed by atoms with van der Waals surface area (Å²) in [7, 11) is 0. The van der Waals surface area contributed by atoms with E-state index in [4.69, 9.17) is 17.3 Å². The molecule has 0 atom stereocenters. The molecule has 0 saturated heterocycles. The monoisotopic (exact) mass is 456 g/mol. The first kappa shape index (κ1) is 24.9. The largest absolute Gasteiger partial charge is 0.397 e. The first-order chi connectivity index (χ1) is 16.6. The van der Waals surface area contributed by atoms with E-state index in [-0.39, 0.29) is 0 Å². The van der Waals surface area contributed by atoms with Gasteiger partial charge >= 0.3 is 0 Å². The molecule has 0 aliphatic heterocycles. The predicted octanol–water partition coefficient (Wildman–Crippen LogP) is 4.68. The van der Waals surface area contributed by atoms with E-state index in [2.05, 4.69) is 28.5 Å². The highest BCUT2D eigenvalue weighted by molar-refractivity contribution is 5.79. The molecule has 0 aliphatic carbocycles. The van der Waals surface area contributed by atoms with Gasteiger partial charge in [0.2, 0.25) is 0 Å². The van der Waals surface area contributed by atoms with Gasteiger partial charge in [0.25, 0.3) is 0 Å². The lowest BCUT2D eigenvalue weighted by Crippen LogP contribution is -2.27. The first-order valence-corrected chi connectivity index (χ1v) is 11.9. The Morgan fingerprint density at radius 3 is 2.35 bits per heavy atom. The Balaban J connectivity index is 1.34. The van der Waals surface area contributed by atoms with Gasteiger partial charge in [-0.25, -0.2) is 5.84 Å². The first-order valence-electron chi connectivity index (χ1n) is 11.9. The van der Waals surface area contributed by atoms with E-state index >= 15 is 0 Å². The molecule has 0 bridgehead atoms. The molecule has 1 heterocycles. The summed E-state index contributed by atoms with van der Waals surface area (Å²) in [4.78, 5) is 4.08. The van der Waals surface area contributed by atoms with Crippen LogP contribution in [0.15, 0.2) is 91.5 Å². The Morgan fingerprint density at radius 2 is 1.56 bits per heavy atom. The predicted molar refractivity (Wildman–Crippen MR) is 142 cm³/mol. The molecule has 3 rings (SSSR count). The zero-order valence-corrected chi connectivity index (χ0v) is 19.7.